The SMILES string of the molecule is COc1cccc(N2CC(C(=O)N3CCOC(c4ccc(Br)cc4)C3)CC2=O)c1. The van der Waals surface area contributed by atoms with Crippen molar-refractivity contribution in [2.24, 2.45) is 5.92 Å². The van der Waals surface area contributed by atoms with Crippen LogP contribution in [-0.4, -0.2) is 50.1 Å². The summed E-state index contributed by atoms with van der Waals surface area (Å²) in [5, 5.41) is 0. The van der Waals surface area contributed by atoms with Gasteiger partial charge in [-0.05, 0) is 29.8 Å². The summed E-state index contributed by atoms with van der Waals surface area (Å²) in [4.78, 5) is 29.2. The molecule has 2 aromatic carbocycles. The summed E-state index contributed by atoms with van der Waals surface area (Å²) in [5.74, 6) is 0.344. The fourth-order valence-corrected chi connectivity index (χ4v) is 4.15. The summed E-state index contributed by atoms with van der Waals surface area (Å²) in [6, 6.07) is 15.3. The molecule has 0 bridgehead atoms. The smallest absolute Gasteiger partial charge is 0.228 e. The van der Waals surface area contributed by atoms with Gasteiger partial charge in [-0.1, -0.05) is 34.1 Å². The molecule has 2 aliphatic rings. The van der Waals surface area contributed by atoms with E-state index in [1.54, 1.807) is 12.0 Å². The first-order valence-electron chi connectivity index (χ1n) is 9.65. The molecule has 2 aliphatic heterocycles. The molecule has 2 aromatic rings. The van der Waals surface area contributed by atoms with Crippen molar-refractivity contribution in [3.05, 3.63) is 58.6 Å². The number of halogens is 1. The Hall–Kier alpha value is -2.38. The number of ether oxygens (including phenoxy) is 2. The van der Waals surface area contributed by atoms with Gasteiger partial charge in [-0.3, -0.25) is 9.59 Å². The van der Waals surface area contributed by atoms with Gasteiger partial charge in [0.1, 0.15) is 11.9 Å². The molecule has 0 saturated carbocycles. The van der Waals surface area contributed by atoms with Crippen LogP contribution in [0.25, 0.3) is 0 Å². The van der Waals surface area contributed by atoms with Crippen molar-refractivity contribution in [2.75, 3.05) is 38.3 Å². The van der Waals surface area contributed by atoms with E-state index in [0.717, 1.165) is 15.7 Å². The van der Waals surface area contributed by atoms with E-state index < -0.39 is 0 Å². The number of morpholine rings is 1. The largest absolute Gasteiger partial charge is 0.497 e. The molecule has 29 heavy (non-hydrogen) atoms. The van der Waals surface area contributed by atoms with Gasteiger partial charge >= 0.3 is 0 Å². The molecule has 6 nitrogen and oxygen atoms in total. The summed E-state index contributed by atoms with van der Waals surface area (Å²) < 4.78 is 12.1. The van der Waals surface area contributed by atoms with Crippen LogP contribution in [0.2, 0.25) is 0 Å². The third-order valence-corrected chi connectivity index (χ3v) is 5.99. The highest BCUT2D eigenvalue weighted by Crippen LogP contribution is 2.30. The first kappa shape index (κ1) is 19.9. The molecule has 0 N–H and O–H groups in total. The molecule has 0 radical (unpaired) electrons. The highest BCUT2D eigenvalue weighted by atomic mass is 79.9. The van der Waals surface area contributed by atoms with E-state index in [4.69, 9.17) is 9.47 Å². The van der Waals surface area contributed by atoms with Gasteiger partial charge in [-0.25, -0.2) is 0 Å². The Morgan fingerprint density at radius 1 is 1.17 bits per heavy atom. The Morgan fingerprint density at radius 3 is 2.72 bits per heavy atom. The molecule has 0 aromatic heterocycles. The number of hydrogen-bond acceptors (Lipinski definition) is 4. The van der Waals surface area contributed by atoms with E-state index in [0.29, 0.717) is 32.0 Å². The van der Waals surface area contributed by atoms with Crippen molar-refractivity contribution in [3.63, 3.8) is 0 Å². The average molecular weight is 459 g/mol. The molecular formula is C22H23BrN2O4. The molecule has 7 heteroatoms. The van der Waals surface area contributed by atoms with Crippen LogP contribution in [-0.2, 0) is 14.3 Å². The second kappa shape index (κ2) is 8.55. The van der Waals surface area contributed by atoms with Crippen LogP contribution in [0.3, 0.4) is 0 Å². The lowest BCUT2D eigenvalue weighted by molar-refractivity contribution is -0.143. The molecule has 0 spiro atoms. The second-order valence-electron chi connectivity index (χ2n) is 7.30. The van der Waals surface area contributed by atoms with Crippen molar-refractivity contribution in [2.45, 2.75) is 12.5 Å². The van der Waals surface area contributed by atoms with Gasteiger partial charge in [0.05, 0.1) is 26.2 Å². The molecular weight excluding hydrogens is 436 g/mol. The highest BCUT2D eigenvalue weighted by molar-refractivity contribution is 9.10. The summed E-state index contributed by atoms with van der Waals surface area (Å²) in [5.41, 5.74) is 1.81. The lowest BCUT2D eigenvalue weighted by Gasteiger charge is -2.34. The monoisotopic (exact) mass is 458 g/mol. The fourth-order valence-electron chi connectivity index (χ4n) is 3.89. The average Bonchev–Trinajstić information content (AvgIpc) is 3.15. The van der Waals surface area contributed by atoms with E-state index in [2.05, 4.69) is 15.9 Å². The van der Waals surface area contributed by atoms with Gasteiger partial charge < -0.3 is 19.3 Å². The minimum atomic E-state index is -0.336. The van der Waals surface area contributed by atoms with Crippen LogP contribution in [0.5, 0.6) is 5.75 Å². The maximum atomic E-state index is 13.1. The van der Waals surface area contributed by atoms with Crippen molar-refractivity contribution >= 4 is 33.4 Å². The van der Waals surface area contributed by atoms with Crippen LogP contribution in [0.15, 0.2) is 53.0 Å². The van der Waals surface area contributed by atoms with Crippen LogP contribution in [0.4, 0.5) is 5.69 Å². The molecule has 2 fully saturated rings. The van der Waals surface area contributed by atoms with Gasteiger partial charge in [0, 0.05) is 35.7 Å². The zero-order valence-corrected chi connectivity index (χ0v) is 17.8. The number of amides is 2. The van der Waals surface area contributed by atoms with Crippen LogP contribution in [0, 0.1) is 5.92 Å². The van der Waals surface area contributed by atoms with E-state index in [-0.39, 0.29) is 30.3 Å². The molecule has 152 valence electrons. The van der Waals surface area contributed by atoms with Crippen molar-refractivity contribution in [3.8, 4) is 5.75 Å². The van der Waals surface area contributed by atoms with Gasteiger partial charge in [-0.15, -0.1) is 0 Å². The van der Waals surface area contributed by atoms with E-state index in [1.165, 1.54) is 0 Å². The Kier molecular flexibility index (Phi) is 5.87. The molecule has 4 rings (SSSR count). The minimum Gasteiger partial charge on any atom is -0.497 e. The first-order valence-corrected chi connectivity index (χ1v) is 10.4. The maximum absolute atomic E-state index is 13.1. The number of carbonyl (C=O) groups is 2. The van der Waals surface area contributed by atoms with Crippen LogP contribution < -0.4 is 9.64 Å². The quantitative estimate of drug-likeness (QED) is 0.704. The van der Waals surface area contributed by atoms with Gasteiger partial charge in [0.25, 0.3) is 0 Å². The Balaban J connectivity index is 1.44. The summed E-state index contributed by atoms with van der Waals surface area (Å²) in [6.07, 6.45) is 0.0866. The van der Waals surface area contributed by atoms with Crippen molar-refractivity contribution < 1.29 is 19.1 Å². The molecule has 2 atom stereocenters. The number of anilines is 1. The number of benzene rings is 2. The van der Waals surface area contributed by atoms with Crippen molar-refractivity contribution in [1.82, 2.24) is 4.90 Å². The second-order valence-corrected chi connectivity index (χ2v) is 8.22. The zero-order chi connectivity index (χ0) is 20.4. The minimum absolute atomic E-state index is 0.0224. The lowest BCUT2D eigenvalue weighted by Crippen LogP contribution is -2.45. The first-order chi connectivity index (χ1) is 14.0. The van der Waals surface area contributed by atoms with Crippen LogP contribution in [0.1, 0.15) is 18.1 Å². The topological polar surface area (TPSA) is 59.1 Å². The third-order valence-electron chi connectivity index (χ3n) is 5.46. The van der Waals surface area contributed by atoms with Gasteiger partial charge in [-0.2, -0.15) is 0 Å². The summed E-state index contributed by atoms with van der Waals surface area (Å²) in [7, 11) is 1.59. The number of methoxy groups -OCH3 is 1. The summed E-state index contributed by atoms with van der Waals surface area (Å²) in [6.45, 7) is 1.94. The van der Waals surface area contributed by atoms with E-state index >= 15 is 0 Å². The third kappa shape index (κ3) is 4.31. The molecule has 0 aliphatic carbocycles. The Morgan fingerprint density at radius 2 is 1.97 bits per heavy atom. The number of carbonyl (C=O) groups excluding carboxylic acids is 2. The number of hydrogen-bond donors (Lipinski definition) is 0. The molecule has 2 heterocycles. The summed E-state index contributed by atoms with van der Waals surface area (Å²) >= 11 is 3.44. The number of nitrogens with zero attached hydrogens (tertiary/aromatic N) is 2. The lowest BCUT2D eigenvalue weighted by atomic mass is 10.0. The molecule has 2 amide bonds. The van der Waals surface area contributed by atoms with Crippen LogP contribution >= 0.6 is 15.9 Å². The molecule has 2 saturated heterocycles. The van der Waals surface area contributed by atoms with E-state index in [1.807, 2.05) is 53.4 Å². The zero-order valence-electron chi connectivity index (χ0n) is 16.2. The Bertz CT molecular complexity index is 902. The van der Waals surface area contributed by atoms with Gasteiger partial charge in [0.15, 0.2) is 0 Å². The predicted molar refractivity (Wildman–Crippen MR) is 113 cm³/mol. The normalized spacial score (nSPS) is 22.1. The van der Waals surface area contributed by atoms with E-state index in [9.17, 15) is 9.59 Å². The Labute approximate surface area is 178 Å². The molecule has 2 unspecified atom stereocenters. The predicted octanol–water partition coefficient (Wildman–Crippen LogP) is 3.41. The number of rotatable bonds is 4. The fraction of sp³-hybridized carbons (Fsp3) is 0.364. The van der Waals surface area contributed by atoms with Gasteiger partial charge in [0.2, 0.25) is 11.8 Å². The maximum Gasteiger partial charge on any atom is 0.228 e. The highest BCUT2D eigenvalue weighted by Gasteiger charge is 2.38. The van der Waals surface area contributed by atoms with Crippen molar-refractivity contribution in [1.29, 1.82) is 0 Å². The standard InChI is InChI=1S/C22H23BrN2O4/c1-28-19-4-2-3-18(12-19)25-13-16(11-21(25)26)22(27)24-9-10-29-20(14-24)15-5-7-17(23)8-6-15/h2-8,12,16,20H,9-11,13-14H2,1H3.